The first kappa shape index (κ1) is 21.9. The molecule has 0 aliphatic heterocycles. The molecule has 12 nitrogen and oxygen atoms in total. The number of rotatable bonds is 3. The minimum absolute atomic E-state index is 0. The van der Waals surface area contributed by atoms with Gasteiger partial charge in [0.15, 0.2) is 0 Å². The summed E-state index contributed by atoms with van der Waals surface area (Å²) in [5.74, 6) is 0. The Morgan fingerprint density at radius 3 is 1.06 bits per heavy atom. The van der Waals surface area contributed by atoms with Crippen LogP contribution in [-0.2, 0) is 11.2 Å². The molecule has 0 amide bonds. The van der Waals surface area contributed by atoms with Gasteiger partial charge in [-0.3, -0.25) is 0 Å². The van der Waals surface area contributed by atoms with Crippen molar-refractivity contribution >= 4 is 40.3 Å². The Labute approximate surface area is 125 Å². The summed E-state index contributed by atoms with van der Waals surface area (Å²) in [5.41, 5.74) is 0. The van der Waals surface area contributed by atoms with E-state index in [1.807, 2.05) is 0 Å². The smallest absolute Gasteiger partial charge is 0.565 e. The third-order valence-corrected chi connectivity index (χ3v) is 2.38. The molecule has 0 aromatic carbocycles. The van der Waals surface area contributed by atoms with Crippen molar-refractivity contribution < 1.29 is 85.4 Å². The predicted molar refractivity (Wildman–Crippen MR) is 41.1 cm³/mol. The summed E-state index contributed by atoms with van der Waals surface area (Å²) >= 11 is -3.77. The molecule has 0 atom stereocenters. The van der Waals surface area contributed by atoms with E-state index in [1.165, 1.54) is 0 Å². The van der Waals surface area contributed by atoms with Gasteiger partial charge in [-0.1, -0.05) is 0 Å². The molecule has 0 aromatic heterocycles. The second-order valence-electron chi connectivity index (χ2n) is 1.56. The van der Waals surface area contributed by atoms with E-state index in [0.29, 0.717) is 0 Å². The summed E-state index contributed by atoms with van der Waals surface area (Å²) in [5, 5.41) is 39.2. The summed E-state index contributed by atoms with van der Waals surface area (Å²) < 4.78 is 11.2. The quantitative estimate of drug-likeness (QED) is 0.362. The first-order valence-corrected chi connectivity index (χ1v) is 5.37. The summed E-state index contributed by atoms with van der Waals surface area (Å²) in [6.45, 7) is 0. The topological polar surface area (TPSA) is 200 Å². The van der Waals surface area contributed by atoms with Gasteiger partial charge in [0.05, 0.1) is 0 Å². The van der Waals surface area contributed by atoms with Gasteiger partial charge in [0.2, 0.25) is 6.16 Å². The maximum absolute atomic E-state index is 9.84. The van der Waals surface area contributed by atoms with E-state index in [9.17, 15) is 14.4 Å². The summed E-state index contributed by atoms with van der Waals surface area (Å²) in [4.78, 5) is 38.0. The average Bonchev–Trinajstić information content (AvgIpc) is 1.96. The first-order chi connectivity index (χ1) is 7.65. The molecule has 0 radical (unpaired) electrons. The zero-order valence-electron chi connectivity index (χ0n) is 8.50. The molecule has 0 spiro atoms. The molecule has 18 heavy (non-hydrogen) atoms. The number of hydrogen-bond acceptors (Lipinski definition) is 8. The van der Waals surface area contributed by atoms with E-state index in [1.54, 1.807) is 0 Å². The molecule has 0 bridgehead atoms. The maximum Gasteiger partial charge on any atom is 1.00 e. The van der Waals surface area contributed by atoms with Crippen molar-refractivity contribution in [2.24, 2.45) is 0 Å². The van der Waals surface area contributed by atoms with Gasteiger partial charge in [-0.2, -0.15) is 0 Å². The third kappa shape index (κ3) is 24.1. The van der Waals surface area contributed by atoms with Crippen LogP contribution in [0.4, 0.5) is 19.2 Å². The molecule has 0 saturated carbocycles. The predicted octanol–water partition coefficient (Wildman–Crippen LogP) is -4.05. The van der Waals surface area contributed by atoms with Gasteiger partial charge in [0.25, 0.3) is 0 Å². The minimum atomic E-state index is -3.77. The van der Waals surface area contributed by atoms with E-state index in [0.717, 1.165) is 0 Å². The molecule has 0 aromatic rings. The summed E-state index contributed by atoms with van der Waals surface area (Å²) in [7, 11) is 0. The van der Waals surface area contributed by atoms with E-state index < -0.39 is 40.3 Å². The van der Waals surface area contributed by atoms with Crippen molar-refractivity contribution in [2.45, 2.75) is 0 Å². The largest absolute Gasteiger partial charge is 1.00 e. The zero-order valence-corrected chi connectivity index (χ0v) is 12.4. The van der Waals surface area contributed by atoms with Crippen LogP contribution in [-0.4, -0.2) is 60.7 Å². The van der Waals surface area contributed by atoms with Crippen molar-refractivity contribution in [3.63, 3.8) is 0 Å². The zero-order chi connectivity index (χ0) is 14.0. The second kappa shape index (κ2) is 12.1. The van der Waals surface area contributed by atoms with Crippen LogP contribution >= 0.6 is 0 Å². The molecule has 98 valence electrons. The monoisotopic (exact) mass is 342 g/mol. The van der Waals surface area contributed by atoms with Crippen molar-refractivity contribution in [1.82, 2.24) is 0 Å². The Morgan fingerprint density at radius 1 is 0.778 bits per heavy atom. The summed E-state index contributed by atoms with van der Waals surface area (Å²) in [6, 6.07) is 0. The Kier molecular flexibility index (Phi) is 14.7. The first-order valence-electron chi connectivity index (χ1n) is 3.08. The van der Waals surface area contributed by atoms with Crippen molar-refractivity contribution in [3.05, 3.63) is 0 Å². The minimum Gasteiger partial charge on any atom is -0.565 e. The SMILES string of the molecule is O=C(O)O[As](OC(=O)O)OC(=O)O.O=C([O-])O.[Na+]. The fourth-order valence-corrected chi connectivity index (χ4v) is 1.28. The Hall–Kier alpha value is -1.36. The van der Waals surface area contributed by atoms with Crippen molar-refractivity contribution in [3.8, 4) is 0 Å². The van der Waals surface area contributed by atoms with Crippen LogP contribution < -0.4 is 34.7 Å². The maximum atomic E-state index is 9.84. The Bertz CT molecular complexity index is 260. The number of carboxylic acid groups (broad SMARTS) is 5. The van der Waals surface area contributed by atoms with Crippen LogP contribution in [0, 0.1) is 0 Å². The molecule has 0 rings (SSSR count). The van der Waals surface area contributed by atoms with Crippen LogP contribution in [0.25, 0.3) is 0 Å². The van der Waals surface area contributed by atoms with Crippen LogP contribution in [0.15, 0.2) is 0 Å². The van der Waals surface area contributed by atoms with Crippen LogP contribution in [0.1, 0.15) is 0 Å². The molecular weight excluding hydrogens is 338 g/mol. The molecule has 14 heteroatoms. The summed E-state index contributed by atoms with van der Waals surface area (Å²) in [6.07, 6.45) is -7.70. The normalized spacial score (nSPS) is 7.83. The van der Waals surface area contributed by atoms with Crippen molar-refractivity contribution in [1.29, 1.82) is 0 Å². The van der Waals surface area contributed by atoms with Gasteiger partial charge in [-0.25, -0.2) is 0 Å². The van der Waals surface area contributed by atoms with E-state index in [4.69, 9.17) is 30.3 Å². The Balaban J connectivity index is -0.000000392. The standard InChI is InChI=1S/C3H3AsO9.CH2O3.Na/c5-1(6)11-4(12-2(7)8)13-3(9)10;2-1(3)4;/h(H,5,6)(H,7,8)(H,9,10);(H2,2,3,4);/q;;+1/p-1. The van der Waals surface area contributed by atoms with Crippen LogP contribution in [0.2, 0.25) is 0 Å². The molecule has 0 aliphatic carbocycles. The average molecular weight is 342 g/mol. The molecule has 0 saturated heterocycles. The number of carbonyl (C=O) groups is 4. The van der Waals surface area contributed by atoms with Gasteiger partial charge in [0, 0.05) is 0 Å². The molecule has 0 fully saturated rings. The third-order valence-electron chi connectivity index (χ3n) is 0.458. The van der Waals surface area contributed by atoms with Crippen molar-refractivity contribution in [2.75, 3.05) is 0 Å². The van der Waals surface area contributed by atoms with E-state index in [-0.39, 0.29) is 29.6 Å². The molecular formula is C4H4AsNaO12. The van der Waals surface area contributed by atoms with Gasteiger partial charge in [0.1, 0.15) is 0 Å². The fraction of sp³-hybridized carbons (Fsp3) is 0. The number of hydrogen-bond donors (Lipinski definition) is 4. The van der Waals surface area contributed by atoms with Gasteiger partial charge < -0.3 is 15.0 Å². The molecule has 0 aliphatic rings. The second-order valence-corrected chi connectivity index (χ2v) is 3.65. The fourth-order valence-electron chi connectivity index (χ4n) is 0.247. The Morgan fingerprint density at radius 2 is 0.944 bits per heavy atom. The molecule has 4 N–H and O–H groups in total. The van der Waals surface area contributed by atoms with Gasteiger partial charge >= 0.3 is 105 Å². The van der Waals surface area contributed by atoms with E-state index in [2.05, 4.69) is 11.2 Å². The van der Waals surface area contributed by atoms with E-state index >= 15 is 0 Å². The van der Waals surface area contributed by atoms with Gasteiger partial charge in [-0.15, -0.1) is 0 Å². The molecule has 0 heterocycles. The van der Waals surface area contributed by atoms with Gasteiger partial charge in [-0.05, 0) is 0 Å². The van der Waals surface area contributed by atoms with Crippen LogP contribution in [0.3, 0.4) is 0 Å². The van der Waals surface area contributed by atoms with Crippen LogP contribution in [0.5, 0.6) is 0 Å². The molecule has 0 unspecified atom stereocenters.